The molecular weight excluding hydrogens is 282 g/mol. The average molecular weight is 297 g/mol. The van der Waals surface area contributed by atoms with Crippen LogP contribution in [0, 0.1) is 5.92 Å². The third kappa shape index (κ3) is 3.67. The second-order valence-corrected chi connectivity index (χ2v) is 6.22. The summed E-state index contributed by atoms with van der Waals surface area (Å²) in [5.74, 6) is -0.681. The Hall–Kier alpha value is -1.14. The molecule has 1 heterocycles. The number of hydrogen-bond acceptors (Lipinski definition) is 4. The van der Waals surface area contributed by atoms with E-state index in [-0.39, 0.29) is 18.9 Å². The van der Waals surface area contributed by atoms with Gasteiger partial charge in [0.1, 0.15) is 4.32 Å². The topological polar surface area (TPSA) is 57.6 Å². The van der Waals surface area contributed by atoms with Gasteiger partial charge in [-0.25, -0.2) is 0 Å². The molecule has 1 atom stereocenters. The fraction of sp³-hybridized carbons (Fsp3) is 0.462. The molecule has 0 aromatic carbocycles. The number of carbonyl (C=O) groups excluding carboxylic acids is 1. The molecule has 1 saturated heterocycles. The first-order valence-electron chi connectivity index (χ1n) is 6.20. The highest BCUT2D eigenvalue weighted by atomic mass is 32.2. The van der Waals surface area contributed by atoms with E-state index in [1.807, 2.05) is 6.08 Å². The molecule has 2 rings (SSSR count). The lowest BCUT2D eigenvalue weighted by Crippen LogP contribution is -2.30. The van der Waals surface area contributed by atoms with Gasteiger partial charge in [-0.15, -0.1) is 0 Å². The van der Waals surface area contributed by atoms with Crippen molar-refractivity contribution in [1.29, 1.82) is 0 Å². The van der Waals surface area contributed by atoms with Gasteiger partial charge in [0.05, 0.1) is 11.3 Å². The second kappa shape index (κ2) is 6.34. The monoisotopic (exact) mass is 297 g/mol. The summed E-state index contributed by atoms with van der Waals surface area (Å²) in [7, 11) is 0. The van der Waals surface area contributed by atoms with Gasteiger partial charge in [-0.05, 0) is 25.2 Å². The second-order valence-electron chi connectivity index (χ2n) is 4.54. The van der Waals surface area contributed by atoms with Gasteiger partial charge in [-0.3, -0.25) is 14.5 Å². The summed E-state index contributed by atoms with van der Waals surface area (Å²) >= 11 is 6.41. The maximum Gasteiger partial charge on any atom is 0.305 e. The summed E-state index contributed by atoms with van der Waals surface area (Å²) in [4.78, 5) is 24.7. The van der Waals surface area contributed by atoms with E-state index in [9.17, 15) is 9.59 Å². The van der Waals surface area contributed by atoms with Crippen molar-refractivity contribution in [2.75, 3.05) is 6.54 Å². The summed E-state index contributed by atoms with van der Waals surface area (Å²) in [6, 6.07) is 0. The highest BCUT2D eigenvalue weighted by molar-refractivity contribution is 8.26. The molecule has 1 unspecified atom stereocenters. The predicted molar refractivity (Wildman–Crippen MR) is 78.7 cm³/mol. The average Bonchev–Trinajstić information content (AvgIpc) is 2.63. The molecule has 0 radical (unpaired) electrons. The van der Waals surface area contributed by atoms with Gasteiger partial charge in [0, 0.05) is 6.54 Å². The minimum Gasteiger partial charge on any atom is -0.481 e. The molecule has 0 spiro atoms. The molecule has 2 aliphatic rings. The number of allylic oxidation sites excluding steroid dienone is 3. The zero-order valence-electron chi connectivity index (χ0n) is 10.4. The van der Waals surface area contributed by atoms with E-state index in [2.05, 4.69) is 12.2 Å². The maximum atomic E-state index is 12.1. The standard InChI is InChI=1S/C13H15NO3S2/c15-11(16)6-7-14-12(17)10(19-13(14)18)8-9-4-2-1-3-5-9/h1-2,8-9H,3-7H2,(H,15,16). The van der Waals surface area contributed by atoms with Gasteiger partial charge < -0.3 is 5.11 Å². The number of carboxylic acids is 1. The first kappa shape index (κ1) is 14.3. The van der Waals surface area contributed by atoms with Crippen molar-refractivity contribution in [2.45, 2.75) is 25.7 Å². The number of rotatable bonds is 4. The largest absolute Gasteiger partial charge is 0.481 e. The molecule has 1 fully saturated rings. The minimum absolute atomic E-state index is 0.0775. The van der Waals surface area contributed by atoms with E-state index in [1.165, 1.54) is 16.7 Å². The van der Waals surface area contributed by atoms with Gasteiger partial charge >= 0.3 is 5.97 Å². The predicted octanol–water partition coefficient (Wildman–Crippen LogP) is 2.56. The Balaban J connectivity index is 2.02. The van der Waals surface area contributed by atoms with Crippen molar-refractivity contribution in [3.05, 3.63) is 23.1 Å². The lowest BCUT2D eigenvalue weighted by Gasteiger charge is -2.14. The molecule has 1 N–H and O–H groups in total. The summed E-state index contributed by atoms with van der Waals surface area (Å²) in [6.07, 6.45) is 9.25. The molecule has 1 amide bonds. The number of thioether (sulfide) groups is 1. The lowest BCUT2D eigenvalue weighted by atomic mass is 9.94. The maximum absolute atomic E-state index is 12.1. The van der Waals surface area contributed by atoms with Gasteiger partial charge in [0.25, 0.3) is 5.91 Å². The fourth-order valence-electron chi connectivity index (χ4n) is 2.10. The van der Waals surface area contributed by atoms with Gasteiger partial charge in [-0.2, -0.15) is 0 Å². The van der Waals surface area contributed by atoms with E-state index in [0.29, 0.717) is 15.1 Å². The van der Waals surface area contributed by atoms with Gasteiger partial charge in [0.2, 0.25) is 0 Å². The first-order valence-corrected chi connectivity index (χ1v) is 7.42. The normalized spacial score (nSPS) is 25.4. The number of hydrogen-bond donors (Lipinski definition) is 1. The number of carboxylic acid groups (broad SMARTS) is 1. The van der Waals surface area contributed by atoms with Gasteiger partial charge in [-0.1, -0.05) is 42.2 Å². The molecule has 19 heavy (non-hydrogen) atoms. The van der Waals surface area contributed by atoms with E-state index < -0.39 is 5.97 Å². The zero-order valence-corrected chi connectivity index (χ0v) is 12.0. The van der Waals surface area contributed by atoms with Crippen LogP contribution in [0.3, 0.4) is 0 Å². The van der Waals surface area contributed by atoms with E-state index in [0.717, 1.165) is 19.3 Å². The number of amides is 1. The van der Waals surface area contributed by atoms with Crippen molar-refractivity contribution >= 4 is 40.2 Å². The van der Waals surface area contributed by atoms with E-state index in [4.69, 9.17) is 17.3 Å². The van der Waals surface area contributed by atoms with Crippen molar-refractivity contribution < 1.29 is 14.7 Å². The third-order valence-electron chi connectivity index (χ3n) is 3.12. The van der Waals surface area contributed by atoms with Crippen LogP contribution in [0.4, 0.5) is 0 Å². The fourth-order valence-corrected chi connectivity index (χ4v) is 3.47. The zero-order chi connectivity index (χ0) is 13.8. The highest BCUT2D eigenvalue weighted by Gasteiger charge is 2.32. The van der Waals surface area contributed by atoms with Crippen LogP contribution < -0.4 is 0 Å². The quantitative estimate of drug-likeness (QED) is 0.491. The first-order chi connectivity index (χ1) is 9.08. The lowest BCUT2D eigenvalue weighted by molar-refractivity contribution is -0.137. The SMILES string of the molecule is O=C(O)CCN1C(=O)C(=CC2CC=CCC2)SC1=S. The molecule has 0 aromatic heterocycles. The molecule has 1 aliphatic carbocycles. The minimum atomic E-state index is -0.921. The van der Waals surface area contributed by atoms with Crippen molar-refractivity contribution in [3.8, 4) is 0 Å². The van der Waals surface area contributed by atoms with Crippen LogP contribution in [-0.4, -0.2) is 32.7 Å². The molecule has 0 saturated carbocycles. The molecule has 1 aliphatic heterocycles. The van der Waals surface area contributed by atoms with Crippen LogP contribution in [0.2, 0.25) is 0 Å². The molecule has 4 nitrogen and oxygen atoms in total. The van der Waals surface area contributed by atoms with Crippen LogP contribution >= 0.6 is 24.0 Å². The summed E-state index contributed by atoms with van der Waals surface area (Å²) in [6.45, 7) is 0.155. The molecule has 102 valence electrons. The van der Waals surface area contributed by atoms with Crippen LogP contribution in [0.15, 0.2) is 23.1 Å². The molecular formula is C13H15NO3S2. The number of aliphatic carboxylic acids is 1. The highest BCUT2D eigenvalue weighted by Crippen LogP contribution is 2.33. The number of thiocarbonyl (C=S) groups is 1. The van der Waals surface area contributed by atoms with Crippen LogP contribution in [0.25, 0.3) is 0 Å². The van der Waals surface area contributed by atoms with E-state index >= 15 is 0 Å². The Kier molecular flexibility index (Phi) is 4.76. The number of nitrogens with zero attached hydrogens (tertiary/aromatic N) is 1. The van der Waals surface area contributed by atoms with Crippen LogP contribution in [-0.2, 0) is 9.59 Å². The number of carbonyl (C=O) groups is 2. The van der Waals surface area contributed by atoms with Crippen LogP contribution in [0.1, 0.15) is 25.7 Å². The smallest absolute Gasteiger partial charge is 0.305 e. The summed E-state index contributed by atoms with van der Waals surface area (Å²) in [5, 5.41) is 8.66. The van der Waals surface area contributed by atoms with Crippen LogP contribution in [0.5, 0.6) is 0 Å². The van der Waals surface area contributed by atoms with Crippen molar-refractivity contribution in [2.24, 2.45) is 5.92 Å². The Labute approximate surface area is 121 Å². The van der Waals surface area contributed by atoms with Crippen molar-refractivity contribution in [3.63, 3.8) is 0 Å². The Morgan fingerprint density at radius 1 is 1.58 bits per heavy atom. The summed E-state index contributed by atoms with van der Waals surface area (Å²) in [5.41, 5.74) is 0. The molecule has 6 heteroatoms. The molecule has 0 aromatic rings. The third-order valence-corrected chi connectivity index (χ3v) is 4.52. The summed E-state index contributed by atoms with van der Waals surface area (Å²) < 4.78 is 0.462. The van der Waals surface area contributed by atoms with Gasteiger partial charge in [0.15, 0.2) is 0 Å². The van der Waals surface area contributed by atoms with E-state index in [1.54, 1.807) is 0 Å². The Bertz CT molecular complexity index is 471. The molecule has 0 bridgehead atoms. The van der Waals surface area contributed by atoms with Crippen molar-refractivity contribution in [1.82, 2.24) is 4.90 Å². The Morgan fingerprint density at radius 3 is 3.00 bits per heavy atom. The Morgan fingerprint density at radius 2 is 2.37 bits per heavy atom.